The van der Waals surface area contributed by atoms with Crippen LogP contribution in [0.5, 0.6) is 5.75 Å². The molecule has 5 nitrogen and oxygen atoms in total. The van der Waals surface area contributed by atoms with Gasteiger partial charge < -0.3 is 15.2 Å². The third-order valence-electron chi connectivity index (χ3n) is 5.95. The number of carbonyl (C=O) groups is 2. The summed E-state index contributed by atoms with van der Waals surface area (Å²) < 4.78 is 5.13. The molecule has 1 unspecified atom stereocenters. The van der Waals surface area contributed by atoms with Crippen LogP contribution in [0.1, 0.15) is 67.2 Å². The Kier molecular flexibility index (Phi) is 10.5. The molecule has 1 amide bonds. The number of carbonyl (C=O) groups excluding carboxylic acids is 2. The molecule has 1 aliphatic carbocycles. The van der Waals surface area contributed by atoms with Crippen LogP contribution in [0.4, 0.5) is 5.69 Å². The minimum atomic E-state index is -0.753. The molecule has 0 fully saturated rings. The smallest absolute Gasteiger partial charge is 0.313 e. The molecule has 0 heterocycles. The third kappa shape index (κ3) is 9.91. The zero-order chi connectivity index (χ0) is 26.0. The van der Waals surface area contributed by atoms with Crippen LogP contribution in [0, 0.1) is 5.41 Å². The minimum Gasteiger partial charge on any atom is -0.426 e. The zero-order valence-electron chi connectivity index (χ0n) is 21.9. The fraction of sp³-hybridized carbons (Fsp3) is 0.400. The van der Waals surface area contributed by atoms with Crippen LogP contribution in [0.3, 0.4) is 0 Å². The lowest BCUT2D eigenvalue weighted by Crippen LogP contribution is -2.19. The summed E-state index contributed by atoms with van der Waals surface area (Å²) >= 11 is 0. The highest BCUT2D eigenvalue weighted by atomic mass is 16.5. The molecule has 0 aliphatic heterocycles. The SMILES string of the molecule is CC(C=CC1=C(C)CCCC1(C)C)=CC=CC(C)=CC(=O)Nc1ccc(OC(=O)CC(C)O)cc1. The number of allylic oxidation sites excluding steroid dienone is 9. The van der Waals surface area contributed by atoms with Gasteiger partial charge in [-0.3, -0.25) is 9.59 Å². The van der Waals surface area contributed by atoms with E-state index in [2.05, 4.69) is 45.2 Å². The Morgan fingerprint density at radius 3 is 2.46 bits per heavy atom. The molecule has 0 bridgehead atoms. The average Bonchev–Trinajstić information content (AvgIpc) is 2.73. The summed E-state index contributed by atoms with van der Waals surface area (Å²) in [5.41, 5.74) is 5.72. The summed E-state index contributed by atoms with van der Waals surface area (Å²) in [5, 5.41) is 12.0. The van der Waals surface area contributed by atoms with Crippen molar-refractivity contribution < 1.29 is 19.4 Å². The second kappa shape index (κ2) is 13.1. The topological polar surface area (TPSA) is 75.6 Å². The zero-order valence-corrected chi connectivity index (χ0v) is 21.9. The standard InChI is InChI=1S/C30H39NO4/c1-21(12-17-27-23(3)11-8-18-30(27,5)6)9-7-10-22(2)19-28(33)31-25-13-15-26(16-14-25)35-29(34)20-24(4)32/h7,9-10,12-17,19,24,32H,8,11,18,20H2,1-6H3,(H,31,33). The fourth-order valence-corrected chi connectivity index (χ4v) is 4.09. The van der Waals surface area contributed by atoms with Gasteiger partial charge in [0, 0.05) is 11.8 Å². The predicted molar refractivity (Wildman–Crippen MR) is 143 cm³/mol. The Morgan fingerprint density at radius 2 is 1.83 bits per heavy atom. The second-order valence-corrected chi connectivity index (χ2v) is 9.96. The Hall–Kier alpha value is -3.18. The largest absolute Gasteiger partial charge is 0.426 e. The van der Waals surface area contributed by atoms with Crippen LogP contribution in [-0.2, 0) is 9.59 Å². The highest BCUT2D eigenvalue weighted by Gasteiger charge is 2.26. The lowest BCUT2D eigenvalue weighted by molar-refractivity contribution is -0.136. The van der Waals surface area contributed by atoms with E-state index in [4.69, 9.17) is 4.74 Å². The van der Waals surface area contributed by atoms with Gasteiger partial charge in [-0.1, -0.05) is 55.4 Å². The van der Waals surface area contributed by atoms with Crippen molar-refractivity contribution in [3.05, 3.63) is 83.0 Å². The summed E-state index contributed by atoms with van der Waals surface area (Å²) in [6, 6.07) is 6.51. The Bertz CT molecular complexity index is 1050. The van der Waals surface area contributed by atoms with Gasteiger partial charge in [-0.15, -0.1) is 0 Å². The molecular formula is C30H39NO4. The van der Waals surface area contributed by atoms with Gasteiger partial charge in [-0.05, 0) is 87.8 Å². The summed E-state index contributed by atoms with van der Waals surface area (Å²) in [5.74, 6) is -0.390. The molecule has 0 saturated carbocycles. The number of anilines is 1. The van der Waals surface area contributed by atoms with Crippen molar-refractivity contribution in [3.8, 4) is 5.75 Å². The molecule has 0 radical (unpaired) electrons. The van der Waals surface area contributed by atoms with Gasteiger partial charge >= 0.3 is 5.97 Å². The predicted octanol–water partition coefficient (Wildman–Crippen LogP) is 6.83. The molecule has 1 atom stereocenters. The second-order valence-electron chi connectivity index (χ2n) is 9.96. The van der Waals surface area contributed by atoms with Crippen molar-refractivity contribution in [2.24, 2.45) is 5.41 Å². The summed E-state index contributed by atoms with van der Waals surface area (Å²) in [4.78, 5) is 23.9. The highest BCUT2D eigenvalue weighted by molar-refractivity contribution is 6.00. The molecule has 2 rings (SSSR count). The molecule has 5 heteroatoms. The molecule has 0 spiro atoms. The average molecular weight is 478 g/mol. The van der Waals surface area contributed by atoms with E-state index in [-0.39, 0.29) is 17.7 Å². The maximum atomic E-state index is 12.3. The van der Waals surface area contributed by atoms with Gasteiger partial charge in [0.15, 0.2) is 0 Å². The first-order valence-corrected chi connectivity index (χ1v) is 12.2. The highest BCUT2D eigenvalue weighted by Crippen LogP contribution is 2.40. The number of aliphatic hydroxyl groups is 1. The van der Waals surface area contributed by atoms with Gasteiger partial charge in [0.1, 0.15) is 5.75 Å². The van der Waals surface area contributed by atoms with Crippen molar-refractivity contribution in [3.63, 3.8) is 0 Å². The van der Waals surface area contributed by atoms with E-state index in [0.717, 1.165) is 11.1 Å². The number of rotatable bonds is 9. The quantitative estimate of drug-likeness (QED) is 0.177. The molecule has 0 aromatic heterocycles. The number of ether oxygens (including phenoxy) is 1. The van der Waals surface area contributed by atoms with Gasteiger partial charge in [-0.2, -0.15) is 0 Å². The van der Waals surface area contributed by atoms with Gasteiger partial charge in [0.25, 0.3) is 0 Å². The van der Waals surface area contributed by atoms with E-state index in [1.165, 1.54) is 43.4 Å². The maximum absolute atomic E-state index is 12.3. The first kappa shape index (κ1) is 28.1. The fourth-order valence-electron chi connectivity index (χ4n) is 4.09. The van der Waals surface area contributed by atoms with E-state index in [9.17, 15) is 14.7 Å². The van der Waals surface area contributed by atoms with Crippen LogP contribution in [0.15, 0.2) is 83.0 Å². The molecule has 1 aromatic rings. The van der Waals surface area contributed by atoms with Crippen LogP contribution < -0.4 is 10.1 Å². The number of aliphatic hydroxyl groups excluding tert-OH is 1. The Morgan fingerprint density at radius 1 is 1.14 bits per heavy atom. The van der Waals surface area contributed by atoms with E-state index in [0.29, 0.717) is 11.4 Å². The van der Waals surface area contributed by atoms with Crippen molar-refractivity contribution in [1.29, 1.82) is 0 Å². The Balaban J connectivity index is 1.90. The lowest BCUT2D eigenvalue weighted by Gasteiger charge is -2.32. The van der Waals surface area contributed by atoms with E-state index in [1.807, 2.05) is 25.2 Å². The number of esters is 1. The molecule has 35 heavy (non-hydrogen) atoms. The molecule has 1 aliphatic rings. The number of hydrogen-bond donors (Lipinski definition) is 2. The maximum Gasteiger partial charge on any atom is 0.313 e. The van der Waals surface area contributed by atoms with Crippen molar-refractivity contribution in [2.75, 3.05) is 5.32 Å². The van der Waals surface area contributed by atoms with Crippen LogP contribution in [-0.4, -0.2) is 23.1 Å². The molecular weight excluding hydrogens is 438 g/mol. The van der Waals surface area contributed by atoms with Gasteiger partial charge in [-0.25, -0.2) is 0 Å². The Labute approximate surface area is 210 Å². The van der Waals surface area contributed by atoms with E-state index < -0.39 is 12.1 Å². The van der Waals surface area contributed by atoms with Crippen molar-refractivity contribution in [1.82, 2.24) is 0 Å². The molecule has 1 aromatic carbocycles. The number of benzene rings is 1. The monoisotopic (exact) mass is 477 g/mol. The summed E-state index contributed by atoms with van der Waals surface area (Å²) in [6.07, 6.45) is 14.7. The van der Waals surface area contributed by atoms with Crippen molar-refractivity contribution >= 4 is 17.6 Å². The van der Waals surface area contributed by atoms with E-state index in [1.54, 1.807) is 24.3 Å². The normalized spacial score (nSPS) is 17.7. The molecule has 2 N–H and O–H groups in total. The summed E-state index contributed by atoms with van der Waals surface area (Å²) in [6.45, 7) is 12.3. The minimum absolute atomic E-state index is 0.0724. The van der Waals surface area contributed by atoms with E-state index >= 15 is 0 Å². The van der Waals surface area contributed by atoms with Gasteiger partial charge in [0.05, 0.1) is 12.5 Å². The first-order valence-electron chi connectivity index (χ1n) is 12.2. The van der Waals surface area contributed by atoms with Crippen molar-refractivity contribution in [2.45, 2.75) is 73.3 Å². The van der Waals surface area contributed by atoms with Crippen LogP contribution >= 0.6 is 0 Å². The lowest BCUT2D eigenvalue weighted by atomic mass is 9.72. The number of nitrogens with one attached hydrogen (secondary N) is 1. The number of hydrogen-bond acceptors (Lipinski definition) is 4. The first-order chi connectivity index (χ1) is 16.5. The number of amides is 1. The van der Waals surface area contributed by atoms with Crippen LogP contribution in [0.2, 0.25) is 0 Å². The van der Waals surface area contributed by atoms with Gasteiger partial charge in [0.2, 0.25) is 5.91 Å². The molecule has 0 saturated heterocycles. The molecule has 188 valence electrons. The van der Waals surface area contributed by atoms with Crippen LogP contribution in [0.25, 0.3) is 0 Å². The third-order valence-corrected chi connectivity index (χ3v) is 5.95. The summed E-state index contributed by atoms with van der Waals surface area (Å²) in [7, 11) is 0.